The van der Waals surface area contributed by atoms with E-state index in [4.69, 9.17) is 10.7 Å². The number of nitrogens with zero attached hydrogens (tertiary/aromatic N) is 3. The van der Waals surface area contributed by atoms with Crippen LogP contribution in [0.3, 0.4) is 0 Å². The minimum atomic E-state index is 0.718. The third-order valence-corrected chi connectivity index (χ3v) is 4.91. The quantitative estimate of drug-likeness (QED) is 0.472. The van der Waals surface area contributed by atoms with Crippen molar-refractivity contribution >= 4 is 22.1 Å². The van der Waals surface area contributed by atoms with Gasteiger partial charge in [-0.25, -0.2) is 4.98 Å². The van der Waals surface area contributed by atoms with E-state index in [2.05, 4.69) is 64.9 Å². The van der Waals surface area contributed by atoms with Crippen LogP contribution >= 0.6 is 0 Å². The van der Waals surface area contributed by atoms with E-state index in [9.17, 15) is 0 Å². The molecule has 0 fully saturated rings. The van der Waals surface area contributed by atoms with Crippen LogP contribution in [0.2, 0.25) is 0 Å². The normalized spacial score (nSPS) is 11.3. The lowest BCUT2D eigenvalue weighted by molar-refractivity contribution is 0.323. The number of hydrogen-bond acceptors (Lipinski definition) is 3. The number of nitrogens with two attached hydrogens (primary N) is 1. The number of pyridine rings is 1. The lowest BCUT2D eigenvalue weighted by Crippen LogP contribution is -2.24. The average Bonchev–Trinajstić information content (AvgIpc) is 3.05. The summed E-state index contributed by atoms with van der Waals surface area (Å²) >= 11 is 0. The van der Waals surface area contributed by atoms with E-state index in [1.165, 1.54) is 10.8 Å². The Balaban J connectivity index is 1.88. The second-order valence-electron chi connectivity index (χ2n) is 6.93. The zero-order valence-corrected chi connectivity index (χ0v) is 15.9. The molecular formula is C24H24N4. The molecule has 0 aliphatic carbocycles. The Bertz CT molecular complexity index is 1150. The van der Waals surface area contributed by atoms with E-state index in [0.717, 1.165) is 47.9 Å². The van der Waals surface area contributed by atoms with Gasteiger partial charge in [-0.15, -0.1) is 13.2 Å². The summed E-state index contributed by atoms with van der Waals surface area (Å²) < 4.78 is 2.10. The number of aromatic nitrogens is 2. The van der Waals surface area contributed by atoms with Gasteiger partial charge >= 0.3 is 0 Å². The zero-order chi connectivity index (χ0) is 19.5. The highest BCUT2D eigenvalue weighted by Gasteiger charge is 2.17. The van der Waals surface area contributed by atoms with Crippen molar-refractivity contribution in [2.75, 3.05) is 18.8 Å². The first kappa shape index (κ1) is 18.0. The first-order valence-electron chi connectivity index (χ1n) is 9.39. The molecule has 0 saturated carbocycles. The summed E-state index contributed by atoms with van der Waals surface area (Å²) in [5.74, 6) is 0. The first-order valence-corrected chi connectivity index (χ1v) is 9.39. The molecule has 0 spiro atoms. The van der Waals surface area contributed by atoms with Crippen LogP contribution in [-0.4, -0.2) is 27.4 Å². The van der Waals surface area contributed by atoms with E-state index in [0.29, 0.717) is 0 Å². The molecule has 0 unspecified atom stereocenters. The van der Waals surface area contributed by atoms with Crippen LogP contribution in [-0.2, 0) is 6.54 Å². The van der Waals surface area contributed by atoms with Crippen molar-refractivity contribution < 1.29 is 0 Å². The van der Waals surface area contributed by atoms with Crippen molar-refractivity contribution in [1.82, 2.24) is 14.3 Å². The number of imidazole rings is 1. The third-order valence-electron chi connectivity index (χ3n) is 4.91. The standard InChI is InChI=1S/C24H24N4/c1-3-13-27(14-4-2)17-22-24(26-23-12-11-21(25)16-28(22)23)20-10-9-18-7-5-6-8-19(18)15-20/h3-12,15-16H,1-2,13-14,17,25H2. The molecule has 0 saturated heterocycles. The van der Waals surface area contributed by atoms with Gasteiger partial charge in [0.15, 0.2) is 0 Å². The van der Waals surface area contributed by atoms with Crippen molar-refractivity contribution in [2.45, 2.75) is 6.54 Å². The van der Waals surface area contributed by atoms with Crippen LogP contribution in [0.15, 0.2) is 86.1 Å². The number of anilines is 1. The van der Waals surface area contributed by atoms with Gasteiger partial charge < -0.3 is 10.1 Å². The second kappa shape index (κ2) is 7.71. The van der Waals surface area contributed by atoms with Gasteiger partial charge in [-0.1, -0.05) is 48.6 Å². The van der Waals surface area contributed by atoms with Crippen molar-refractivity contribution in [2.24, 2.45) is 0 Å². The van der Waals surface area contributed by atoms with E-state index >= 15 is 0 Å². The molecule has 2 aromatic heterocycles. The molecule has 4 aromatic rings. The average molecular weight is 368 g/mol. The Morgan fingerprint density at radius 3 is 2.46 bits per heavy atom. The van der Waals surface area contributed by atoms with Gasteiger partial charge in [0.05, 0.1) is 11.4 Å². The molecular weight excluding hydrogens is 344 g/mol. The van der Waals surface area contributed by atoms with Crippen molar-refractivity contribution in [3.8, 4) is 11.3 Å². The molecule has 0 aliphatic rings. The third kappa shape index (κ3) is 3.42. The maximum Gasteiger partial charge on any atom is 0.137 e. The van der Waals surface area contributed by atoms with Gasteiger partial charge in [0.25, 0.3) is 0 Å². The summed E-state index contributed by atoms with van der Waals surface area (Å²) in [5.41, 5.74) is 10.9. The summed E-state index contributed by atoms with van der Waals surface area (Å²) in [6.07, 6.45) is 5.77. The fourth-order valence-electron chi connectivity index (χ4n) is 3.61. The SMILES string of the molecule is C=CCN(CC=C)Cc1c(-c2ccc3ccccc3c2)nc2ccc(N)cn12. The van der Waals surface area contributed by atoms with Gasteiger partial charge in [-0.05, 0) is 29.0 Å². The molecule has 28 heavy (non-hydrogen) atoms. The topological polar surface area (TPSA) is 46.6 Å². The molecule has 0 bridgehead atoms. The predicted octanol–water partition coefficient (Wildman–Crippen LogP) is 4.91. The van der Waals surface area contributed by atoms with Gasteiger partial charge in [0.2, 0.25) is 0 Å². The molecule has 140 valence electrons. The van der Waals surface area contributed by atoms with Crippen LogP contribution in [0.1, 0.15) is 5.69 Å². The van der Waals surface area contributed by atoms with Gasteiger partial charge in [0, 0.05) is 37.1 Å². The van der Waals surface area contributed by atoms with E-state index in [1.807, 2.05) is 30.5 Å². The van der Waals surface area contributed by atoms with Crippen LogP contribution in [0.25, 0.3) is 27.7 Å². The minimum Gasteiger partial charge on any atom is -0.398 e. The van der Waals surface area contributed by atoms with E-state index in [-0.39, 0.29) is 0 Å². The van der Waals surface area contributed by atoms with Crippen LogP contribution in [0.5, 0.6) is 0 Å². The maximum absolute atomic E-state index is 6.07. The monoisotopic (exact) mass is 368 g/mol. The Hall–Kier alpha value is -3.37. The molecule has 4 rings (SSSR count). The van der Waals surface area contributed by atoms with Gasteiger partial charge in [-0.3, -0.25) is 4.90 Å². The lowest BCUT2D eigenvalue weighted by atomic mass is 10.0. The van der Waals surface area contributed by atoms with Crippen molar-refractivity contribution in [3.63, 3.8) is 0 Å². The van der Waals surface area contributed by atoms with Crippen molar-refractivity contribution in [1.29, 1.82) is 0 Å². The van der Waals surface area contributed by atoms with Crippen LogP contribution in [0.4, 0.5) is 5.69 Å². The largest absolute Gasteiger partial charge is 0.398 e. The van der Waals surface area contributed by atoms with E-state index in [1.54, 1.807) is 0 Å². The molecule has 2 aromatic carbocycles. The maximum atomic E-state index is 6.07. The van der Waals surface area contributed by atoms with Crippen molar-refractivity contribution in [3.05, 3.63) is 91.8 Å². The Kier molecular flexibility index (Phi) is 4.96. The molecule has 0 aliphatic heterocycles. The number of nitrogen functional groups attached to an aromatic ring is 1. The van der Waals surface area contributed by atoms with E-state index < -0.39 is 0 Å². The number of rotatable bonds is 7. The molecule has 0 atom stereocenters. The summed E-state index contributed by atoms with van der Waals surface area (Å²) in [6, 6.07) is 18.7. The van der Waals surface area contributed by atoms with Gasteiger partial charge in [0.1, 0.15) is 5.65 Å². The minimum absolute atomic E-state index is 0.718. The Morgan fingerprint density at radius 1 is 0.964 bits per heavy atom. The summed E-state index contributed by atoms with van der Waals surface area (Å²) in [5, 5.41) is 2.43. The smallest absolute Gasteiger partial charge is 0.137 e. The molecule has 2 N–H and O–H groups in total. The lowest BCUT2D eigenvalue weighted by Gasteiger charge is -2.19. The zero-order valence-electron chi connectivity index (χ0n) is 15.9. The first-order chi connectivity index (χ1) is 13.7. The summed E-state index contributed by atoms with van der Waals surface area (Å²) in [4.78, 5) is 7.21. The highest BCUT2D eigenvalue weighted by molar-refractivity contribution is 5.87. The molecule has 4 nitrogen and oxygen atoms in total. The predicted molar refractivity (Wildman–Crippen MR) is 118 cm³/mol. The summed E-state index contributed by atoms with van der Waals surface area (Å²) in [6.45, 7) is 10.0. The number of fused-ring (bicyclic) bond motifs is 2. The van der Waals surface area contributed by atoms with Gasteiger partial charge in [-0.2, -0.15) is 0 Å². The van der Waals surface area contributed by atoms with Crippen LogP contribution in [0, 0.1) is 0 Å². The fraction of sp³-hybridized carbons (Fsp3) is 0.125. The Morgan fingerprint density at radius 2 is 1.71 bits per heavy atom. The fourth-order valence-corrected chi connectivity index (χ4v) is 3.61. The molecule has 0 amide bonds. The second-order valence-corrected chi connectivity index (χ2v) is 6.93. The molecule has 2 heterocycles. The number of hydrogen-bond donors (Lipinski definition) is 1. The van der Waals surface area contributed by atoms with Crippen LogP contribution < -0.4 is 5.73 Å². The highest BCUT2D eigenvalue weighted by atomic mass is 15.1. The number of benzene rings is 2. The molecule has 4 heteroatoms. The Labute approximate surface area is 165 Å². The highest BCUT2D eigenvalue weighted by Crippen LogP contribution is 2.29. The molecule has 0 radical (unpaired) electrons. The summed E-state index contributed by atoms with van der Waals surface area (Å²) in [7, 11) is 0.